The van der Waals surface area contributed by atoms with Crippen LogP contribution in [0.15, 0.2) is 53.1 Å². The number of nitrogens with one attached hydrogen (secondary N) is 1. The van der Waals surface area contributed by atoms with E-state index in [1.54, 1.807) is 12.1 Å². The highest BCUT2D eigenvalue weighted by atomic mass is 19.1. The van der Waals surface area contributed by atoms with Crippen molar-refractivity contribution in [2.45, 2.75) is 26.0 Å². The zero-order chi connectivity index (χ0) is 20.1. The number of benzene rings is 2. The fraction of sp³-hybridized carbons (Fsp3) is 0.200. The van der Waals surface area contributed by atoms with E-state index in [0.717, 1.165) is 17.7 Å². The van der Waals surface area contributed by atoms with E-state index in [2.05, 4.69) is 10.5 Å². The molecule has 3 rings (SSSR count). The number of para-hydroxylation sites is 1. The average Bonchev–Trinajstić information content (AvgIpc) is 3.15. The smallest absolute Gasteiger partial charge is 0.273 e. The van der Waals surface area contributed by atoms with Gasteiger partial charge in [-0.05, 0) is 36.2 Å². The third-order valence-electron chi connectivity index (χ3n) is 4.06. The molecule has 28 heavy (non-hydrogen) atoms. The van der Waals surface area contributed by atoms with Crippen LogP contribution in [0.5, 0.6) is 5.75 Å². The van der Waals surface area contributed by atoms with Gasteiger partial charge in [0, 0.05) is 6.07 Å². The zero-order valence-electron chi connectivity index (χ0n) is 14.9. The summed E-state index contributed by atoms with van der Waals surface area (Å²) in [5, 5.41) is 6.43. The van der Waals surface area contributed by atoms with Crippen LogP contribution in [-0.4, -0.2) is 11.1 Å². The number of amides is 1. The molecule has 0 saturated carbocycles. The molecule has 0 aliphatic carbocycles. The van der Waals surface area contributed by atoms with Gasteiger partial charge < -0.3 is 14.6 Å². The van der Waals surface area contributed by atoms with Crippen LogP contribution in [-0.2, 0) is 6.61 Å². The van der Waals surface area contributed by atoms with Crippen LogP contribution in [0.4, 0.5) is 13.2 Å². The Balaban J connectivity index is 1.64. The lowest BCUT2D eigenvalue weighted by atomic mass is 10.0. The second kappa shape index (κ2) is 8.60. The molecule has 1 unspecified atom stereocenters. The molecule has 0 aliphatic heterocycles. The molecule has 0 saturated heterocycles. The number of nitrogens with zero attached hydrogens (tertiary/aromatic N) is 1. The van der Waals surface area contributed by atoms with E-state index in [-0.39, 0.29) is 29.9 Å². The molecule has 0 spiro atoms. The Kier molecular flexibility index (Phi) is 5.98. The van der Waals surface area contributed by atoms with Crippen molar-refractivity contribution in [2.24, 2.45) is 0 Å². The second-order valence-corrected chi connectivity index (χ2v) is 6.00. The molecule has 1 amide bonds. The number of aromatic nitrogens is 1. The highest BCUT2D eigenvalue weighted by Gasteiger charge is 2.18. The molecule has 3 aromatic rings. The van der Waals surface area contributed by atoms with Crippen molar-refractivity contribution in [1.29, 1.82) is 0 Å². The van der Waals surface area contributed by atoms with Gasteiger partial charge in [-0.2, -0.15) is 0 Å². The third kappa shape index (κ3) is 4.51. The molecule has 0 bridgehead atoms. The molecular formula is C20H17F3N2O3. The second-order valence-electron chi connectivity index (χ2n) is 6.00. The predicted octanol–water partition coefficient (Wildman–Crippen LogP) is 4.55. The molecule has 1 atom stereocenters. The molecule has 5 nitrogen and oxygen atoms in total. The van der Waals surface area contributed by atoms with Crippen LogP contribution in [0.25, 0.3) is 0 Å². The minimum Gasteiger partial charge on any atom is -0.479 e. The van der Waals surface area contributed by atoms with Crippen LogP contribution >= 0.6 is 0 Å². The standard InChI is InChI=1S/C20H17F3N2O3/c1-2-17(12-6-8-13(21)9-7-12)24-20(26)18-10-14(28-25-18)11-27-19-15(22)4-3-5-16(19)23/h3-10,17H,2,11H2,1H3,(H,24,26). The first-order chi connectivity index (χ1) is 13.5. The number of carbonyl (C=O) groups excluding carboxylic acids is 1. The molecule has 1 heterocycles. The first kappa shape index (κ1) is 19.5. The predicted molar refractivity (Wildman–Crippen MR) is 94.1 cm³/mol. The Hall–Kier alpha value is -3.29. The Labute approximate surface area is 159 Å². The maximum Gasteiger partial charge on any atom is 0.273 e. The Morgan fingerprint density at radius 2 is 1.82 bits per heavy atom. The maximum absolute atomic E-state index is 13.6. The highest BCUT2D eigenvalue weighted by Crippen LogP contribution is 2.22. The molecular weight excluding hydrogens is 373 g/mol. The van der Waals surface area contributed by atoms with E-state index >= 15 is 0 Å². The molecule has 1 N–H and O–H groups in total. The average molecular weight is 390 g/mol. The van der Waals surface area contributed by atoms with Crippen molar-refractivity contribution in [3.8, 4) is 5.75 Å². The van der Waals surface area contributed by atoms with Gasteiger partial charge in [-0.1, -0.05) is 30.3 Å². The fourth-order valence-corrected chi connectivity index (χ4v) is 2.60. The van der Waals surface area contributed by atoms with Gasteiger partial charge in [0.05, 0.1) is 6.04 Å². The summed E-state index contributed by atoms with van der Waals surface area (Å²) in [5.41, 5.74) is 0.743. The topological polar surface area (TPSA) is 64.4 Å². The first-order valence-electron chi connectivity index (χ1n) is 8.56. The van der Waals surface area contributed by atoms with Crippen molar-refractivity contribution in [3.05, 3.63) is 83.0 Å². The SMILES string of the molecule is CCC(NC(=O)c1cc(COc2c(F)cccc2F)on1)c1ccc(F)cc1. The van der Waals surface area contributed by atoms with Gasteiger partial charge in [0.1, 0.15) is 12.4 Å². The van der Waals surface area contributed by atoms with Crippen LogP contribution in [0.3, 0.4) is 0 Å². The highest BCUT2D eigenvalue weighted by molar-refractivity contribution is 5.92. The Morgan fingerprint density at radius 1 is 1.14 bits per heavy atom. The van der Waals surface area contributed by atoms with Gasteiger partial charge in [-0.3, -0.25) is 4.79 Å². The Bertz CT molecular complexity index is 937. The van der Waals surface area contributed by atoms with Crippen molar-refractivity contribution in [3.63, 3.8) is 0 Å². The maximum atomic E-state index is 13.6. The van der Waals surface area contributed by atoms with E-state index in [1.165, 1.54) is 24.3 Å². The third-order valence-corrected chi connectivity index (χ3v) is 4.06. The van der Waals surface area contributed by atoms with Crippen molar-refractivity contribution in [1.82, 2.24) is 10.5 Å². The molecule has 8 heteroatoms. The van der Waals surface area contributed by atoms with Gasteiger partial charge >= 0.3 is 0 Å². The summed E-state index contributed by atoms with van der Waals surface area (Å²) in [5.74, 6) is -2.96. The first-order valence-corrected chi connectivity index (χ1v) is 8.56. The molecule has 0 radical (unpaired) electrons. The number of hydrogen-bond donors (Lipinski definition) is 1. The van der Waals surface area contributed by atoms with E-state index in [9.17, 15) is 18.0 Å². The molecule has 0 aliphatic rings. The van der Waals surface area contributed by atoms with Crippen LogP contribution in [0.2, 0.25) is 0 Å². The minimum absolute atomic E-state index is 0.00633. The molecule has 146 valence electrons. The largest absolute Gasteiger partial charge is 0.479 e. The summed E-state index contributed by atoms with van der Waals surface area (Å²) in [6.45, 7) is 1.58. The fourth-order valence-electron chi connectivity index (χ4n) is 2.60. The van der Waals surface area contributed by atoms with Crippen molar-refractivity contribution < 1.29 is 27.2 Å². The quantitative estimate of drug-likeness (QED) is 0.643. The van der Waals surface area contributed by atoms with E-state index in [4.69, 9.17) is 9.26 Å². The normalized spacial score (nSPS) is 11.9. The summed E-state index contributed by atoms with van der Waals surface area (Å²) in [6.07, 6.45) is 0.581. The molecule has 2 aromatic carbocycles. The van der Waals surface area contributed by atoms with Gasteiger partial charge in [0.15, 0.2) is 28.8 Å². The van der Waals surface area contributed by atoms with Crippen LogP contribution < -0.4 is 10.1 Å². The van der Waals surface area contributed by atoms with Crippen LogP contribution in [0, 0.1) is 17.5 Å². The van der Waals surface area contributed by atoms with Gasteiger partial charge in [0.2, 0.25) is 0 Å². The molecule has 1 aromatic heterocycles. The summed E-state index contributed by atoms with van der Waals surface area (Å²) in [7, 11) is 0. The van der Waals surface area contributed by atoms with E-state index in [0.29, 0.717) is 6.42 Å². The number of hydrogen-bond acceptors (Lipinski definition) is 4. The van der Waals surface area contributed by atoms with Gasteiger partial charge in [0.25, 0.3) is 5.91 Å². The van der Waals surface area contributed by atoms with Crippen LogP contribution in [0.1, 0.15) is 41.2 Å². The summed E-state index contributed by atoms with van der Waals surface area (Å²) in [6, 6.07) is 10.2. The molecule has 0 fully saturated rings. The number of carbonyl (C=O) groups is 1. The van der Waals surface area contributed by atoms with Gasteiger partial charge in [-0.15, -0.1) is 0 Å². The number of halogens is 3. The van der Waals surface area contributed by atoms with Gasteiger partial charge in [-0.25, -0.2) is 13.2 Å². The summed E-state index contributed by atoms with van der Waals surface area (Å²) >= 11 is 0. The Morgan fingerprint density at radius 3 is 2.46 bits per heavy atom. The van der Waals surface area contributed by atoms with E-state index in [1.807, 2.05) is 6.92 Å². The minimum atomic E-state index is -0.845. The number of ether oxygens (including phenoxy) is 1. The summed E-state index contributed by atoms with van der Waals surface area (Å²) in [4.78, 5) is 12.4. The number of rotatable bonds is 7. The monoisotopic (exact) mass is 390 g/mol. The van der Waals surface area contributed by atoms with Crippen molar-refractivity contribution in [2.75, 3.05) is 0 Å². The lowest BCUT2D eigenvalue weighted by Gasteiger charge is -2.16. The van der Waals surface area contributed by atoms with E-state index < -0.39 is 23.3 Å². The van der Waals surface area contributed by atoms with Crippen molar-refractivity contribution >= 4 is 5.91 Å². The lowest BCUT2D eigenvalue weighted by Crippen LogP contribution is -2.28. The lowest BCUT2D eigenvalue weighted by molar-refractivity contribution is 0.0926. The summed E-state index contributed by atoms with van der Waals surface area (Å²) < 4.78 is 50.2. The zero-order valence-corrected chi connectivity index (χ0v) is 14.9.